The number of hydrogen-bond acceptors (Lipinski definition) is 3. The third kappa shape index (κ3) is 4.69. The largest absolute Gasteiger partial charge is 0.350 e. The molecule has 2 fully saturated rings. The van der Waals surface area contributed by atoms with E-state index in [9.17, 15) is 14.0 Å². The Morgan fingerprint density at radius 3 is 2.53 bits per heavy atom. The van der Waals surface area contributed by atoms with Gasteiger partial charge in [-0.05, 0) is 42.5 Å². The maximum atomic E-state index is 13.8. The Kier molecular flexibility index (Phi) is 6.72. The van der Waals surface area contributed by atoms with Gasteiger partial charge in [-0.1, -0.05) is 55.7 Å². The average Bonchev–Trinajstić information content (AvgIpc) is 3.23. The molecule has 158 valence electrons. The Bertz CT molecular complexity index is 886. The molecule has 1 aliphatic carbocycles. The molecule has 1 saturated heterocycles. The summed E-state index contributed by atoms with van der Waals surface area (Å²) in [4.78, 5) is 28.2. The number of thioether (sulfide) groups is 1. The second kappa shape index (κ2) is 9.65. The minimum Gasteiger partial charge on any atom is -0.350 e. The van der Waals surface area contributed by atoms with Crippen LogP contribution in [0.2, 0.25) is 0 Å². The zero-order chi connectivity index (χ0) is 20.9. The number of halogens is 1. The number of carbonyl (C=O) groups is 2. The van der Waals surface area contributed by atoms with Crippen LogP contribution in [0, 0.1) is 11.7 Å². The Morgan fingerprint density at radius 1 is 1.03 bits per heavy atom. The van der Waals surface area contributed by atoms with Gasteiger partial charge in [-0.2, -0.15) is 0 Å². The molecule has 0 radical (unpaired) electrons. The van der Waals surface area contributed by atoms with Gasteiger partial charge in [0.15, 0.2) is 0 Å². The van der Waals surface area contributed by atoms with Gasteiger partial charge in [0, 0.05) is 17.9 Å². The lowest BCUT2D eigenvalue weighted by Crippen LogP contribution is -2.51. The van der Waals surface area contributed by atoms with Crippen LogP contribution in [0.3, 0.4) is 0 Å². The molecule has 1 aliphatic heterocycles. The number of hydrogen-bond donors (Lipinski definition) is 1. The van der Waals surface area contributed by atoms with Crippen molar-refractivity contribution in [3.8, 4) is 0 Å². The number of amides is 2. The van der Waals surface area contributed by atoms with E-state index in [0.29, 0.717) is 23.8 Å². The summed E-state index contributed by atoms with van der Waals surface area (Å²) in [6.45, 7) is 0.428. The molecule has 2 aromatic carbocycles. The number of rotatable bonds is 5. The van der Waals surface area contributed by atoms with E-state index < -0.39 is 11.9 Å². The zero-order valence-electron chi connectivity index (χ0n) is 16.9. The van der Waals surface area contributed by atoms with Crippen molar-refractivity contribution in [2.24, 2.45) is 5.92 Å². The molecule has 2 aromatic rings. The molecule has 1 saturated carbocycles. The van der Waals surface area contributed by atoms with Crippen LogP contribution in [0.1, 0.15) is 48.0 Å². The maximum absolute atomic E-state index is 13.8. The van der Waals surface area contributed by atoms with Crippen LogP contribution in [0.4, 0.5) is 4.39 Å². The van der Waals surface area contributed by atoms with Gasteiger partial charge in [-0.15, -0.1) is 11.8 Å². The van der Waals surface area contributed by atoms with E-state index >= 15 is 0 Å². The fourth-order valence-electron chi connectivity index (χ4n) is 4.44. The molecule has 2 aliphatic rings. The average molecular weight is 427 g/mol. The second-order valence-corrected chi connectivity index (χ2v) is 9.21. The van der Waals surface area contributed by atoms with Crippen molar-refractivity contribution in [1.29, 1.82) is 0 Å². The highest BCUT2D eigenvalue weighted by Gasteiger charge is 2.45. The molecule has 2 atom stereocenters. The van der Waals surface area contributed by atoms with Crippen LogP contribution >= 0.6 is 11.8 Å². The van der Waals surface area contributed by atoms with Gasteiger partial charge in [0.2, 0.25) is 5.91 Å². The first-order valence-electron chi connectivity index (χ1n) is 10.6. The Hall–Kier alpha value is -2.34. The van der Waals surface area contributed by atoms with Gasteiger partial charge in [-0.25, -0.2) is 4.39 Å². The molecule has 1 N–H and O–H groups in total. The number of nitrogens with one attached hydrogen (secondary N) is 1. The number of benzene rings is 2. The first kappa shape index (κ1) is 20.9. The fourth-order valence-corrected chi connectivity index (χ4v) is 6.08. The van der Waals surface area contributed by atoms with Crippen LogP contribution < -0.4 is 5.32 Å². The molecular formula is C24H27FN2O2S. The Labute approximate surface area is 181 Å². The first-order valence-corrected chi connectivity index (χ1v) is 11.7. The molecule has 4 nitrogen and oxygen atoms in total. The van der Waals surface area contributed by atoms with Gasteiger partial charge in [0.25, 0.3) is 5.91 Å². The minimum atomic E-state index is -0.540. The van der Waals surface area contributed by atoms with Crippen LogP contribution in [0.5, 0.6) is 0 Å². The molecule has 30 heavy (non-hydrogen) atoms. The highest BCUT2D eigenvalue weighted by atomic mass is 32.2. The molecule has 0 spiro atoms. The summed E-state index contributed by atoms with van der Waals surface area (Å²) in [6.07, 6.45) is 5.70. The lowest BCUT2D eigenvalue weighted by molar-refractivity contribution is -0.125. The quantitative estimate of drug-likeness (QED) is 0.760. The van der Waals surface area contributed by atoms with Crippen molar-refractivity contribution in [2.45, 2.75) is 50.1 Å². The van der Waals surface area contributed by atoms with E-state index in [1.54, 1.807) is 28.8 Å². The summed E-state index contributed by atoms with van der Waals surface area (Å²) in [5.41, 5.74) is 1.32. The van der Waals surface area contributed by atoms with Gasteiger partial charge < -0.3 is 10.2 Å². The first-order chi connectivity index (χ1) is 14.6. The van der Waals surface area contributed by atoms with Crippen LogP contribution in [0.25, 0.3) is 0 Å². The normalized spacial score (nSPS) is 22.1. The third-order valence-electron chi connectivity index (χ3n) is 6.01. The van der Waals surface area contributed by atoms with Gasteiger partial charge in [0.1, 0.15) is 11.9 Å². The Balaban J connectivity index is 1.54. The fraction of sp³-hybridized carbons (Fsp3) is 0.417. The monoisotopic (exact) mass is 426 g/mol. The van der Waals surface area contributed by atoms with Crippen molar-refractivity contribution in [3.05, 3.63) is 71.5 Å². The van der Waals surface area contributed by atoms with E-state index in [2.05, 4.69) is 5.32 Å². The van der Waals surface area contributed by atoms with Crippen molar-refractivity contribution in [1.82, 2.24) is 10.2 Å². The summed E-state index contributed by atoms with van der Waals surface area (Å²) in [6, 6.07) is 15.0. The van der Waals surface area contributed by atoms with Gasteiger partial charge in [0.05, 0.1) is 5.37 Å². The summed E-state index contributed by atoms with van der Waals surface area (Å²) in [5.74, 6) is 0.118. The molecule has 2 unspecified atom stereocenters. The van der Waals surface area contributed by atoms with E-state index in [1.807, 2.05) is 30.3 Å². The molecule has 0 aromatic heterocycles. The summed E-state index contributed by atoms with van der Waals surface area (Å²) >= 11 is 1.69. The standard InChI is InChI=1S/C24H27FN2O2S/c25-20-13-7-12-19(14-20)23(29)27-21(16-30-24(27)18-10-5-2-6-11-18)22(28)26-15-17-8-3-1-4-9-17/h1,3-4,7-9,12-14,18,21,24H,2,5-6,10-11,15-16H2,(H,26,28). The van der Waals surface area contributed by atoms with Crippen molar-refractivity contribution in [2.75, 3.05) is 5.75 Å². The maximum Gasteiger partial charge on any atom is 0.255 e. The smallest absolute Gasteiger partial charge is 0.255 e. The molecular weight excluding hydrogens is 399 g/mol. The molecule has 4 rings (SSSR count). The number of carbonyl (C=O) groups excluding carboxylic acids is 2. The lowest BCUT2D eigenvalue weighted by Gasteiger charge is -2.35. The van der Waals surface area contributed by atoms with E-state index in [0.717, 1.165) is 31.2 Å². The molecule has 0 bridgehead atoms. The SMILES string of the molecule is O=C(NCc1ccccc1)C1CSC(C2CCCCC2)N1C(=O)c1cccc(F)c1. The van der Waals surface area contributed by atoms with E-state index in [-0.39, 0.29) is 17.2 Å². The summed E-state index contributed by atoms with van der Waals surface area (Å²) < 4.78 is 13.8. The predicted octanol–water partition coefficient (Wildman–Crippen LogP) is 4.61. The molecule has 6 heteroatoms. The molecule has 1 heterocycles. The van der Waals surface area contributed by atoms with Crippen molar-refractivity contribution in [3.63, 3.8) is 0 Å². The second-order valence-electron chi connectivity index (χ2n) is 8.06. The lowest BCUT2D eigenvalue weighted by atomic mass is 9.88. The topological polar surface area (TPSA) is 49.4 Å². The van der Waals surface area contributed by atoms with E-state index in [1.165, 1.54) is 18.6 Å². The minimum absolute atomic E-state index is 0.0338. The van der Waals surface area contributed by atoms with Crippen LogP contribution in [-0.4, -0.2) is 33.9 Å². The zero-order valence-corrected chi connectivity index (χ0v) is 17.7. The summed E-state index contributed by atoms with van der Waals surface area (Å²) in [7, 11) is 0. The van der Waals surface area contributed by atoms with Gasteiger partial charge >= 0.3 is 0 Å². The Morgan fingerprint density at radius 2 is 1.80 bits per heavy atom. The highest BCUT2D eigenvalue weighted by molar-refractivity contribution is 8.00. The number of nitrogens with zero attached hydrogens (tertiary/aromatic N) is 1. The summed E-state index contributed by atoms with van der Waals surface area (Å²) in [5, 5.41) is 2.96. The predicted molar refractivity (Wildman–Crippen MR) is 117 cm³/mol. The molecule has 2 amide bonds. The third-order valence-corrected chi connectivity index (χ3v) is 7.47. The van der Waals surface area contributed by atoms with Crippen LogP contribution in [-0.2, 0) is 11.3 Å². The van der Waals surface area contributed by atoms with Crippen molar-refractivity contribution >= 4 is 23.6 Å². The van der Waals surface area contributed by atoms with Crippen molar-refractivity contribution < 1.29 is 14.0 Å². The highest BCUT2D eigenvalue weighted by Crippen LogP contribution is 2.41. The van der Waals surface area contributed by atoms with Crippen LogP contribution in [0.15, 0.2) is 54.6 Å². The van der Waals surface area contributed by atoms with E-state index in [4.69, 9.17) is 0 Å². The van der Waals surface area contributed by atoms with Gasteiger partial charge in [-0.3, -0.25) is 9.59 Å².